The maximum atomic E-state index is 14.2. The minimum atomic E-state index is -1.11. The summed E-state index contributed by atoms with van der Waals surface area (Å²) >= 11 is 0. The van der Waals surface area contributed by atoms with Crippen molar-refractivity contribution in [2.24, 2.45) is 0 Å². The minimum absolute atomic E-state index is 0.00217. The quantitative estimate of drug-likeness (QED) is 0.236. The van der Waals surface area contributed by atoms with Crippen molar-refractivity contribution in [2.45, 2.75) is 6.04 Å². The van der Waals surface area contributed by atoms with Crippen LogP contribution in [-0.2, 0) is 14.3 Å². The summed E-state index contributed by atoms with van der Waals surface area (Å²) in [6.07, 6.45) is 0. The van der Waals surface area contributed by atoms with Crippen LogP contribution in [0.5, 0.6) is 5.75 Å². The van der Waals surface area contributed by atoms with E-state index in [1.165, 1.54) is 50.6 Å². The van der Waals surface area contributed by atoms with E-state index in [4.69, 9.17) is 9.47 Å². The molecule has 0 spiro atoms. The first-order valence-corrected chi connectivity index (χ1v) is 9.15. The number of aliphatic hydroxyl groups is 1. The number of Topliss-reactive ketones (excluding diaryl/α,β-unsaturated/α-hetero) is 1. The highest BCUT2D eigenvalue weighted by molar-refractivity contribution is 6.46. The number of hydrogen-bond acceptors (Lipinski definition) is 7. The predicted octanol–water partition coefficient (Wildman–Crippen LogP) is 2.81. The summed E-state index contributed by atoms with van der Waals surface area (Å²) in [7, 11) is 2.70. The van der Waals surface area contributed by atoms with E-state index in [2.05, 4.69) is 0 Å². The molecule has 0 radical (unpaired) electrons. The van der Waals surface area contributed by atoms with Gasteiger partial charge < -0.3 is 19.5 Å². The van der Waals surface area contributed by atoms with Crippen LogP contribution < -0.4 is 4.74 Å². The molecule has 0 saturated carbocycles. The standard InChI is InChI=1S/C21H19FN2O7/c1-30-9-8-23-18(12-4-3-5-14(10-12)24(28)29)17(20(26)21(23)27)19(25)13-6-7-16(31-2)15(22)11-13/h3-7,10-11,18,25H,8-9H2,1-2H3. The number of methoxy groups -OCH3 is 2. The van der Waals surface area contributed by atoms with Gasteiger partial charge in [0.05, 0.1) is 30.3 Å². The Hall–Kier alpha value is -3.79. The van der Waals surface area contributed by atoms with Crippen molar-refractivity contribution >= 4 is 23.1 Å². The summed E-state index contributed by atoms with van der Waals surface area (Å²) in [6.45, 7) is 0.0951. The number of nitrogens with zero attached hydrogens (tertiary/aromatic N) is 2. The van der Waals surface area contributed by atoms with Gasteiger partial charge in [0, 0.05) is 31.4 Å². The molecule has 2 aromatic carbocycles. The molecule has 1 fully saturated rings. The van der Waals surface area contributed by atoms with Gasteiger partial charge in [0.25, 0.3) is 17.4 Å². The Balaban J connectivity index is 2.20. The van der Waals surface area contributed by atoms with Crippen molar-refractivity contribution in [1.82, 2.24) is 4.90 Å². The van der Waals surface area contributed by atoms with Gasteiger partial charge in [-0.05, 0) is 23.8 Å². The number of likely N-dealkylation sites (tertiary alicyclic amines) is 1. The molecule has 1 aliphatic heterocycles. The highest BCUT2D eigenvalue weighted by atomic mass is 19.1. The maximum absolute atomic E-state index is 14.2. The van der Waals surface area contributed by atoms with Crippen LogP contribution in [0.25, 0.3) is 5.76 Å². The largest absolute Gasteiger partial charge is 0.507 e. The lowest BCUT2D eigenvalue weighted by molar-refractivity contribution is -0.384. The molecule has 1 N–H and O–H groups in total. The summed E-state index contributed by atoms with van der Waals surface area (Å²) in [6, 6.07) is 7.88. The van der Waals surface area contributed by atoms with E-state index in [1.807, 2.05) is 0 Å². The molecule has 9 nitrogen and oxygen atoms in total. The number of carbonyl (C=O) groups is 2. The van der Waals surface area contributed by atoms with Gasteiger partial charge in [0.2, 0.25) is 0 Å². The van der Waals surface area contributed by atoms with Crippen molar-refractivity contribution in [1.29, 1.82) is 0 Å². The van der Waals surface area contributed by atoms with E-state index in [0.717, 1.165) is 11.0 Å². The molecular formula is C21H19FN2O7. The van der Waals surface area contributed by atoms with E-state index in [0.29, 0.717) is 0 Å². The van der Waals surface area contributed by atoms with Crippen LogP contribution in [0.2, 0.25) is 0 Å². The van der Waals surface area contributed by atoms with E-state index < -0.39 is 34.2 Å². The lowest BCUT2D eigenvalue weighted by Gasteiger charge is -2.25. The Labute approximate surface area is 176 Å². The average Bonchev–Trinajstić information content (AvgIpc) is 3.01. The third-order valence-corrected chi connectivity index (χ3v) is 4.90. The molecule has 3 rings (SSSR count). The highest BCUT2D eigenvalue weighted by Gasteiger charge is 2.46. The first-order valence-electron chi connectivity index (χ1n) is 9.15. The normalized spacial score (nSPS) is 17.8. The molecule has 10 heteroatoms. The van der Waals surface area contributed by atoms with Crippen molar-refractivity contribution in [3.05, 3.63) is 75.1 Å². The molecule has 1 heterocycles. The molecule has 1 atom stereocenters. The number of amides is 1. The van der Waals surface area contributed by atoms with E-state index in [-0.39, 0.29) is 41.3 Å². The summed E-state index contributed by atoms with van der Waals surface area (Å²) < 4.78 is 24.0. The number of non-ortho nitro benzene ring substituents is 1. The number of ether oxygens (including phenoxy) is 2. The van der Waals surface area contributed by atoms with Crippen LogP contribution in [0.1, 0.15) is 17.2 Å². The van der Waals surface area contributed by atoms with Gasteiger partial charge in [-0.2, -0.15) is 0 Å². The molecule has 0 aliphatic carbocycles. The second-order valence-electron chi connectivity index (χ2n) is 6.69. The Morgan fingerprint density at radius 2 is 1.97 bits per heavy atom. The number of hydrogen-bond donors (Lipinski definition) is 1. The summed E-state index contributed by atoms with van der Waals surface area (Å²) in [5, 5.41) is 22.1. The number of aliphatic hydroxyl groups excluding tert-OH is 1. The van der Waals surface area contributed by atoms with Crippen molar-refractivity contribution in [2.75, 3.05) is 27.4 Å². The van der Waals surface area contributed by atoms with Crippen LogP contribution in [-0.4, -0.2) is 54.0 Å². The number of nitro benzene ring substituents is 1. The van der Waals surface area contributed by atoms with Gasteiger partial charge in [0.1, 0.15) is 5.76 Å². The fraction of sp³-hybridized carbons (Fsp3) is 0.238. The predicted molar refractivity (Wildman–Crippen MR) is 107 cm³/mol. The van der Waals surface area contributed by atoms with Crippen molar-refractivity contribution in [3.8, 4) is 5.75 Å². The van der Waals surface area contributed by atoms with Gasteiger partial charge in [-0.25, -0.2) is 4.39 Å². The smallest absolute Gasteiger partial charge is 0.295 e. The van der Waals surface area contributed by atoms with Crippen LogP contribution >= 0.6 is 0 Å². The molecule has 1 aliphatic rings. The average molecular weight is 430 g/mol. The summed E-state index contributed by atoms with van der Waals surface area (Å²) in [4.78, 5) is 37.2. The van der Waals surface area contributed by atoms with Gasteiger partial charge in [-0.15, -0.1) is 0 Å². The number of nitro groups is 1. The van der Waals surface area contributed by atoms with Crippen LogP contribution in [0.15, 0.2) is 48.0 Å². The van der Waals surface area contributed by atoms with E-state index in [9.17, 15) is 29.2 Å². The maximum Gasteiger partial charge on any atom is 0.295 e. The Morgan fingerprint density at radius 3 is 2.58 bits per heavy atom. The molecule has 31 heavy (non-hydrogen) atoms. The summed E-state index contributed by atoms with van der Waals surface area (Å²) in [5.41, 5.74) is -0.338. The lowest BCUT2D eigenvalue weighted by Crippen LogP contribution is -2.32. The Bertz CT molecular complexity index is 1080. The number of carbonyl (C=O) groups excluding carboxylic acids is 2. The molecule has 2 aromatic rings. The number of rotatable bonds is 7. The molecule has 1 amide bonds. The molecule has 1 unspecified atom stereocenters. The van der Waals surface area contributed by atoms with Crippen LogP contribution in [0.4, 0.5) is 10.1 Å². The minimum Gasteiger partial charge on any atom is -0.507 e. The van der Waals surface area contributed by atoms with Crippen LogP contribution in [0, 0.1) is 15.9 Å². The first-order chi connectivity index (χ1) is 14.8. The van der Waals surface area contributed by atoms with Crippen molar-refractivity contribution < 1.29 is 33.5 Å². The van der Waals surface area contributed by atoms with E-state index >= 15 is 0 Å². The zero-order chi connectivity index (χ0) is 22.7. The van der Waals surface area contributed by atoms with Crippen molar-refractivity contribution in [3.63, 3.8) is 0 Å². The number of halogens is 1. The first kappa shape index (κ1) is 21.9. The highest BCUT2D eigenvalue weighted by Crippen LogP contribution is 2.40. The Kier molecular flexibility index (Phi) is 6.30. The monoisotopic (exact) mass is 430 g/mol. The van der Waals surface area contributed by atoms with Crippen LogP contribution in [0.3, 0.4) is 0 Å². The molecule has 0 bridgehead atoms. The zero-order valence-corrected chi connectivity index (χ0v) is 16.7. The lowest BCUT2D eigenvalue weighted by atomic mass is 9.95. The third kappa shape index (κ3) is 4.10. The Morgan fingerprint density at radius 1 is 1.23 bits per heavy atom. The SMILES string of the molecule is COCCN1C(=O)C(=O)C(=C(O)c2ccc(OC)c(F)c2)C1c1cccc([N+](=O)[O-])c1. The van der Waals surface area contributed by atoms with Gasteiger partial charge in [0.15, 0.2) is 11.6 Å². The molecule has 162 valence electrons. The third-order valence-electron chi connectivity index (χ3n) is 4.90. The molecular weight excluding hydrogens is 411 g/mol. The fourth-order valence-corrected chi connectivity index (χ4v) is 3.42. The second kappa shape index (κ2) is 8.92. The molecule has 1 saturated heterocycles. The van der Waals surface area contributed by atoms with Gasteiger partial charge in [-0.1, -0.05) is 12.1 Å². The second-order valence-corrected chi connectivity index (χ2v) is 6.69. The topological polar surface area (TPSA) is 119 Å². The number of benzene rings is 2. The number of ketones is 1. The summed E-state index contributed by atoms with van der Waals surface area (Å²) in [5.74, 6) is -3.32. The van der Waals surface area contributed by atoms with E-state index in [1.54, 1.807) is 0 Å². The molecule has 0 aromatic heterocycles. The zero-order valence-electron chi connectivity index (χ0n) is 16.7. The van der Waals surface area contributed by atoms with Gasteiger partial charge in [-0.3, -0.25) is 19.7 Å². The fourth-order valence-electron chi connectivity index (χ4n) is 3.42. The van der Waals surface area contributed by atoms with Gasteiger partial charge >= 0.3 is 0 Å².